The van der Waals surface area contributed by atoms with Gasteiger partial charge in [0.05, 0.1) is 19.3 Å². The third-order valence-corrected chi connectivity index (χ3v) is 8.31. The molecule has 1 aromatic heterocycles. The Hall–Kier alpha value is -3.56. The van der Waals surface area contributed by atoms with Gasteiger partial charge in [-0.2, -0.15) is 10.4 Å². The summed E-state index contributed by atoms with van der Waals surface area (Å²) in [6, 6.07) is 32.8. The largest absolute Gasteiger partial charge is 0.330 e. The van der Waals surface area contributed by atoms with Gasteiger partial charge in [0.1, 0.15) is 17.8 Å². The van der Waals surface area contributed by atoms with E-state index in [9.17, 15) is 9.83 Å². The van der Waals surface area contributed by atoms with E-state index in [2.05, 4.69) is 47.5 Å². The molecule has 0 saturated carbocycles. The predicted octanol–water partition coefficient (Wildman–Crippen LogP) is 6.38. The van der Waals surface area contributed by atoms with Crippen LogP contribution in [0.3, 0.4) is 0 Å². The highest BCUT2D eigenvalue weighted by Crippen LogP contribution is 2.48. The van der Waals surface area contributed by atoms with Crippen molar-refractivity contribution < 1.29 is 13.6 Å². The monoisotopic (exact) mass is 514 g/mol. The average molecular weight is 515 g/mol. The van der Waals surface area contributed by atoms with E-state index < -0.39 is 19.1 Å². The highest BCUT2D eigenvalue weighted by Gasteiger charge is 2.40. The standard InChI is InChI=1S/C29H31N4O3P/c1-3-35-37(34,4-2)36-21-20-24(22-30)28-31-23-33(32-28)29(25-14-8-5-9-15-25,26-16-10-6-11-17-26)27-18-12-7-13-19-27/h5-19,23-24H,3-4,20-21H2,1-2H3. The molecule has 2 atom stereocenters. The molecule has 0 amide bonds. The molecule has 0 spiro atoms. The Balaban J connectivity index is 1.76. The first-order chi connectivity index (χ1) is 18.1. The molecule has 0 bridgehead atoms. The zero-order valence-corrected chi connectivity index (χ0v) is 22.0. The van der Waals surface area contributed by atoms with Gasteiger partial charge in [0.15, 0.2) is 5.82 Å². The predicted molar refractivity (Wildman–Crippen MR) is 143 cm³/mol. The van der Waals surface area contributed by atoms with Crippen LogP contribution in [0.25, 0.3) is 0 Å². The molecule has 3 aromatic carbocycles. The van der Waals surface area contributed by atoms with Gasteiger partial charge in [-0.25, -0.2) is 9.67 Å². The second kappa shape index (κ2) is 12.1. The lowest BCUT2D eigenvalue weighted by atomic mass is 9.77. The maximum atomic E-state index is 12.6. The molecule has 0 fully saturated rings. The summed E-state index contributed by atoms with van der Waals surface area (Å²) in [6.45, 7) is 3.95. The Bertz CT molecular complexity index is 1260. The number of nitriles is 1. The minimum atomic E-state index is -3.16. The van der Waals surface area contributed by atoms with Gasteiger partial charge in [0, 0.05) is 6.16 Å². The summed E-state index contributed by atoms with van der Waals surface area (Å²) in [5.74, 6) is -0.241. The van der Waals surface area contributed by atoms with E-state index in [1.165, 1.54) is 0 Å². The van der Waals surface area contributed by atoms with Gasteiger partial charge in [-0.1, -0.05) is 97.9 Å². The molecule has 37 heavy (non-hydrogen) atoms. The van der Waals surface area contributed by atoms with Crippen molar-refractivity contribution >= 4 is 7.60 Å². The van der Waals surface area contributed by atoms with Crippen LogP contribution in [0.1, 0.15) is 48.7 Å². The van der Waals surface area contributed by atoms with E-state index in [4.69, 9.17) is 14.1 Å². The Morgan fingerprint density at radius 2 is 1.41 bits per heavy atom. The summed E-state index contributed by atoms with van der Waals surface area (Å²) in [7, 11) is -3.16. The normalized spacial score (nSPS) is 14.0. The highest BCUT2D eigenvalue weighted by atomic mass is 31.2. The SMILES string of the molecule is CCOP(=O)(CC)OCCC(C#N)c1ncn(C(c2ccccc2)(c2ccccc2)c2ccccc2)n1. The summed E-state index contributed by atoms with van der Waals surface area (Å²) < 4.78 is 25.4. The molecular weight excluding hydrogens is 483 g/mol. The minimum Gasteiger partial charge on any atom is -0.309 e. The smallest absolute Gasteiger partial charge is 0.309 e. The van der Waals surface area contributed by atoms with Gasteiger partial charge >= 0.3 is 7.60 Å². The molecule has 4 rings (SSSR count). The molecule has 0 aliphatic carbocycles. The first-order valence-electron chi connectivity index (χ1n) is 12.4. The van der Waals surface area contributed by atoms with Crippen LogP contribution in [-0.4, -0.2) is 34.1 Å². The van der Waals surface area contributed by atoms with E-state index in [1.807, 2.05) is 59.3 Å². The van der Waals surface area contributed by atoms with Crippen LogP contribution in [-0.2, 0) is 19.2 Å². The van der Waals surface area contributed by atoms with Crippen molar-refractivity contribution in [3.8, 4) is 6.07 Å². The fraction of sp³-hybridized carbons (Fsp3) is 0.276. The number of aromatic nitrogens is 3. The summed E-state index contributed by atoms with van der Waals surface area (Å²) in [5.41, 5.74) is 2.24. The first-order valence-corrected chi connectivity index (χ1v) is 14.2. The lowest BCUT2D eigenvalue weighted by Gasteiger charge is -2.35. The Morgan fingerprint density at radius 3 is 1.84 bits per heavy atom. The van der Waals surface area contributed by atoms with Crippen LogP contribution in [0.5, 0.6) is 0 Å². The van der Waals surface area contributed by atoms with Crippen LogP contribution in [0.2, 0.25) is 0 Å². The number of hydrogen-bond acceptors (Lipinski definition) is 6. The second-order valence-corrected chi connectivity index (χ2v) is 10.9. The zero-order chi connectivity index (χ0) is 26.1. The van der Waals surface area contributed by atoms with Crippen LogP contribution in [0.15, 0.2) is 97.3 Å². The number of rotatable bonds is 12. The lowest BCUT2D eigenvalue weighted by molar-refractivity contribution is 0.208. The van der Waals surface area contributed by atoms with Crippen LogP contribution < -0.4 is 0 Å². The average Bonchev–Trinajstić information content (AvgIpc) is 3.44. The van der Waals surface area contributed by atoms with Crippen molar-refractivity contribution in [1.29, 1.82) is 5.26 Å². The van der Waals surface area contributed by atoms with Crippen molar-refractivity contribution in [1.82, 2.24) is 14.8 Å². The number of hydrogen-bond donors (Lipinski definition) is 0. The van der Waals surface area contributed by atoms with Crippen molar-refractivity contribution in [3.05, 3.63) is 120 Å². The molecular formula is C29H31N4O3P. The fourth-order valence-corrected chi connectivity index (χ4v) is 5.73. The van der Waals surface area contributed by atoms with Gasteiger partial charge in [0.25, 0.3) is 0 Å². The Morgan fingerprint density at radius 1 is 0.892 bits per heavy atom. The van der Waals surface area contributed by atoms with E-state index >= 15 is 0 Å². The molecule has 4 aromatic rings. The molecule has 0 N–H and O–H groups in total. The first kappa shape index (κ1) is 26.5. The Kier molecular flexibility index (Phi) is 8.68. The molecule has 7 nitrogen and oxygen atoms in total. The van der Waals surface area contributed by atoms with Crippen molar-refractivity contribution in [2.45, 2.75) is 31.7 Å². The Labute approximate surface area is 218 Å². The van der Waals surface area contributed by atoms with E-state index in [1.54, 1.807) is 20.2 Å². The van der Waals surface area contributed by atoms with Gasteiger partial charge in [-0.05, 0) is 30.0 Å². The maximum Gasteiger partial charge on any atom is 0.330 e. The summed E-state index contributed by atoms with van der Waals surface area (Å²) in [4.78, 5) is 4.57. The number of nitrogens with zero attached hydrogens (tertiary/aromatic N) is 4. The minimum absolute atomic E-state index is 0.110. The van der Waals surface area contributed by atoms with Gasteiger partial charge in [-0.15, -0.1) is 0 Å². The molecule has 190 valence electrons. The van der Waals surface area contributed by atoms with Gasteiger partial charge in [0.2, 0.25) is 0 Å². The van der Waals surface area contributed by atoms with Crippen LogP contribution >= 0.6 is 7.60 Å². The molecule has 2 unspecified atom stereocenters. The molecule has 1 heterocycles. The second-order valence-electron chi connectivity index (χ2n) is 8.50. The molecule has 0 radical (unpaired) electrons. The van der Waals surface area contributed by atoms with E-state index in [0.29, 0.717) is 18.9 Å². The molecule has 0 aliphatic rings. The molecule has 0 saturated heterocycles. The zero-order valence-electron chi connectivity index (χ0n) is 21.1. The van der Waals surface area contributed by atoms with Crippen molar-refractivity contribution in [3.63, 3.8) is 0 Å². The van der Waals surface area contributed by atoms with Crippen molar-refractivity contribution in [2.24, 2.45) is 0 Å². The summed E-state index contributed by atoms with van der Waals surface area (Å²) >= 11 is 0. The third kappa shape index (κ3) is 5.57. The van der Waals surface area contributed by atoms with Gasteiger partial charge < -0.3 is 9.05 Å². The summed E-state index contributed by atoms with van der Waals surface area (Å²) in [5, 5.41) is 14.8. The van der Waals surface area contributed by atoms with Gasteiger partial charge in [-0.3, -0.25) is 4.57 Å². The van der Waals surface area contributed by atoms with E-state index in [-0.39, 0.29) is 12.8 Å². The number of benzene rings is 3. The van der Waals surface area contributed by atoms with Crippen LogP contribution in [0, 0.1) is 11.3 Å². The van der Waals surface area contributed by atoms with Crippen molar-refractivity contribution in [2.75, 3.05) is 19.4 Å². The fourth-order valence-electron chi connectivity index (χ4n) is 4.51. The third-order valence-electron chi connectivity index (χ3n) is 6.30. The summed E-state index contributed by atoms with van der Waals surface area (Å²) in [6.07, 6.45) is 2.26. The van der Waals surface area contributed by atoms with E-state index in [0.717, 1.165) is 16.7 Å². The maximum absolute atomic E-state index is 12.6. The quantitative estimate of drug-likeness (QED) is 0.161. The highest BCUT2D eigenvalue weighted by molar-refractivity contribution is 7.53. The molecule has 0 aliphatic heterocycles. The molecule has 8 heteroatoms. The lowest BCUT2D eigenvalue weighted by Crippen LogP contribution is -2.38. The van der Waals surface area contributed by atoms with Crippen LogP contribution in [0.4, 0.5) is 0 Å². The topological polar surface area (TPSA) is 90.0 Å².